The molecule has 0 unspecified atom stereocenters. The van der Waals surface area contributed by atoms with Crippen molar-refractivity contribution in [2.75, 3.05) is 13.7 Å². The number of Topliss-reactive ketones (excluding diaryl/α,β-unsaturated/α-hetero) is 1. The highest BCUT2D eigenvalue weighted by Crippen LogP contribution is 2.32. The molecule has 2 nitrogen and oxygen atoms in total. The number of hydrogen-bond acceptors (Lipinski definition) is 2. The van der Waals surface area contributed by atoms with Crippen molar-refractivity contribution in [3.8, 4) is 0 Å². The molecule has 94 valence electrons. The number of carbonyl (C=O) groups is 1. The van der Waals surface area contributed by atoms with E-state index in [2.05, 4.69) is 0 Å². The standard InChI is InChI=1S/C12H13F3O2/c1-17-8-4-7-11(16)9-5-2-3-6-10(9)12(13,14)15/h2-3,5-6H,4,7-8H2,1H3. The highest BCUT2D eigenvalue weighted by molar-refractivity contribution is 5.97. The van der Waals surface area contributed by atoms with E-state index < -0.39 is 17.5 Å². The highest BCUT2D eigenvalue weighted by atomic mass is 19.4. The zero-order valence-electron chi connectivity index (χ0n) is 9.38. The van der Waals surface area contributed by atoms with Crippen LogP contribution in [-0.2, 0) is 10.9 Å². The number of methoxy groups -OCH3 is 1. The van der Waals surface area contributed by atoms with Gasteiger partial charge in [-0.3, -0.25) is 4.79 Å². The minimum absolute atomic E-state index is 0.0565. The highest BCUT2D eigenvalue weighted by Gasteiger charge is 2.34. The van der Waals surface area contributed by atoms with Gasteiger partial charge in [-0.15, -0.1) is 0 Å². The third-order valence-electron chi connectivity index (χ3n) is 2.29. The summed E-state index contributed by atoms with van der Waals surface area (Å²) in [4.78, 5) is 11.6. The van der Waals surface area contributed by atoms with Gasteiger partial charge in [0.1, 0.15) is 0 Å². The van der Waals surface area contributed by atoms with E-state index in [1.807, 2.05) is 0 Å². The van der Waals surface area contributed by atoms with Gasteiger partial charge in [0.05, 0.1) is 5.56 Å². The van der Waals surface area contributed by atoms with Crippen LogP contribution in [0.15, 0.2) is 24.3 Å². The Hall–Kier alpha value is -1.36. The molecule has 0 heterocycles. The Labute approximate surface area is 97.4 Å². The van der Waals surface area contributed by atoms with E-state index in [0.717, 1.165) is 6.07 Å². The van der Waals surface area contributed by atoms with Gasteiger partial charge in [0.25, 0.3) is 0 Å². The molecule has 5 heteroatoms. The van der Waals surface area contributed by atoms with E-state index in [9.17, 15) is 18.0 Å². The van der Waals surface area contributed by atoms with E-state index in [4.69, 9.17) is 4.74 Å². The second-order valence-electron chi connectivity index (χ2n) is 3.56. The first-order valence-corrected chi connectivity index (χ1v) is 5.15. The molecule has 0 aromatic heterocycles. The van der Waals surface area contributed by atoms with Gasteiger partial charge >= 0.3 is 6.18 Å². The van der Waals surface area contributed by atoms with Crippen molar-refractivity contribution in [3.63, 3.8) is 0 Å². The fourth-order valence-corrected chi connectivity index (χ4v) is 1.49. The van der Waals surface area contributed by atoms with Crippen LogP contribution in [0.1, 0.15) is 28.8 Å². The molecule has 0 aliphatic heterocycles. The summed E-state index contributed by atoms with van der Waals surface area (Å²) in [6.45, 7) is 0.361. The lowest BCUT2D eigenvalue weighted by atomic mass is 10.0. The minimum atomic E-state index is -4.49. The normalized spacial score (nSPS) is 11.5. The molecule has 1 aromatic rings. The monoisotopic (exact) mass is 246 g/mol. The van der Waals surface area contributed by atoms with E-state index >= 15 is 0 Å². The van der Waals surface area contributed by atoms with E-state index in [0.29, 0.717) is 13.0 Å². The first kappa shape index (κ1) is 13.7. The largest absolute Gasteiger partial charge is 0.417 e. The predicted molar refractivity (Wildman–Crippen MR) is 56.9 cm³/mol. The Kier molecular flexibility index (Phi) is 4.69. The lowest BCUT2D eigenvalue weighted by Crippen LogP contribution is -2.13. The molecule has 0 atom stereocenters. The van der Waals surface area contributed by atoms with Gasteiger partial charge in [-0.25, -0.2) is 0 Å². The topological polar surface area (TPSA) is 26.3 Å². The quantitative estimate of drug-likeness (QED) is 0.588. The number of carbonyl (C=O) groups excluding carboxylic acids is 1. The fraction of sp³-hybridized carbons (Fsp3) is 0.417. The van der Waals surface area contributed by atoms with Crippen LogP contribution in [0, 0.1) is 0 Å². The van der Waals surface area contributed by atoms with Crippen molar-refractivity contribution in [2.24, 2.45) is 0 Å². The third-order valence-corrected chi connectivity index (χ3v) is 2.29. The van der Waals surface area contributed by atoms with Gasteiger partial charge in [0, 0.05) is 25.7 Å². The molecule has 0 saturated carbocycles. The summed E-state index contributed by atoms with van der Waals surface area (Å²) in [6.07, 6.45) is -4.02. The van der Waals surface area contributed by atoms with Crippen molar-refractivity contribution in [1.29, 1.82) is 0 Å². The molecule has 0 aliphatic carbocycles. The Balaban J connectivity index is 2.86. The molecule has 0 spiro atoms. The molecule has 1 rings (SSSR count). The van der Waals surface area contributed by atoms with Crippen LogP contribution in [-0.4, -0.2) is 19.5 Å². The van der Waals surface area contributed by atoms with E-state index in [1.54, 1.807) is 0 Å². The molecule has 0 bridgehead atoms. The van der Waals surface area contributed by atoms with E-state index in [1.165, 1.54) is 25.3 Å². The Morgan fingerprint density at radius 1 is 1.29 bits per heavy atom. The number of halogens is 3. The molecule has 0 amide bonds. The second kappa shape index (κ2) is 5.82. The Morgan fingerprint density at radius 2 is 1.94 bits per heavy atom. The molecule has 1 aromatic carbocycles. The molecular formula is C12H13F3O2. The first-order chi connectivity index (χ1) is 7.96. The Bertz CT molecular complexity index is 386. The van der Waals surface area contributed by atoms with Crippen LogP contribution in [0.4, 0.5) is 13.2 Å². The van der Waals surface area contributed by atoms with Crippen LogP contribution in [0.25, 0.3) is 0 Å². The van der Waals surface area contributed by atoms with Crippen molar-refractivity contribution in [3.05, 3.63) is 35.4 Å². The van der Waals surface area contributed by atoms with Crippen molar-refractivity contribution in [2.45, 2.75) is 19.0 Å². The zero-order chi connectivity index (χ0) is 12.9. The average molecular weight is 246 g/mol. The number of rotatable bonds is 5. The maximum absolute atomic E-state index is 12.6. The fourth-order valence-electron chi connectivity index (χ4n) is 1.49. The van der Waals surface area contributed by atoms with Crippen LogP contribution >= 0.6 is 0 Å². The van der Waals surface area contributed by atoms with Crippen molar-refractivity contribution < 1.29 is 22.7 Å². The Morgan fingerprint density at radius 3 is 2.53 bits per heavy atom. The molecule has 0 fully saturated rings. The number of hydrogen-bond donors (Lipinski definition) is 0. The van der Waals surface area contributed by atoms with E-state index in [-0.39, 0.29) is 12.0 Å². The summed E-state index contributed by atoms with van der Waals surface area (Å²) < 4.78 is 42.6. The zero-order valence-corrected chi connectivity index (χ0v) is 9.38. The number of ketones is 1. The summed E-state index contributed by atoms with van der Waals surface area (Å²) in [5.41, 5.74) is -1.14. The maximum Gasteiger partial charge on any atom is 0.417 e. The van der Waals surface area contributed by atoms with Crippen LogP contribution in [0.2, 0.25) is 0 Å². The van der Waals surface area contributed by atoms with Gasteiger partial charge < -0.3 is 4.74 Å². The van der Waals surface area contributed by atoms with Crippen LogP contribution in [0.3, 0.4) is 0 Å². The third kappa shape index (κ3) is 3.85. The van der Waals surface area contributed by atoms with Gasteiger partial charge in [-0.2, -0.15) is 13.2 Å². The molecular weight excluding hydrogens is 233 g/mol. The smallest absolute Gasteiger partial charge is 0.385 e. The summed E-state index contributed by atoms with van der Waals surface area (Å²) >= 11 is 0. The predicted octanol–water partition coefficient (Wildman–Crippen LogP) is 3.31. The molecule has 0 N–H and O–H groups in total. The lowest BCUT2D eigenvalue weighted by Gasteiger charge is -2.11. The summed E-state index contributed by atoms with van der Waals surface area (Å²) in [5, 5.41) is 0. The number of alkyl halides is 3. The molecule has 0 radical (unpaired) electrons. The summed E-state index contributed by atoms with van der Waals surface area (Å²) in [7, 11) is 1.48. The second-order valence-corrected chi connectivity index (χ2v) is 3.56. The SMILES string of the molecule is COCCCC(=O)c1ccccc1C(F)(F)F. The van der Waals surface area contributed by atoms with Crippen molar-refractivity contribution >= 4 is 5.78 Å². The van der Waals surface area contributed by atoms with Crippen molar-refractivity contribution in [1.82, 2.24) is 0 Å². The summed E-state index contributed by atoms with van der Waals surface area (Å²) in [6, 6.07) is 4.83. The van der Waals surface area contributed by atoms with Gasteiger partial charge in [0.15, 0.2) is 5.78 Å². The average Bonchev–Trinajstić information content (AvgIpc) is 2.28. The maximum atomic E-state index is 12.6. The number of benzene rings is 1. The molecule has 17 heavy (non-hydrogen) atoms. The van der Waals surface area contributed by atoms with Gasteiger partial charge in [-0.05, 0) is 12.5 Å². The summed E-state index contributed by atoms with van der Waals surface area (Å²) in [5.74, 6) is -0.505. The molecule has 0 saturated heterocycles. The number of ether oxygens (including phenoxy) is 1. The van der Waals surface area contributed by atoms with Gasteiger partial charge in [-0.1, -0.05) is 18.2 Å². The lowest BCUT2D eigenvalue weighted by molar-refractivity contribution is -0.137. The first-order valence-electron chi connectivity index (χ1n) is 5.15. The minimum Gasteiger partial charge on any atom is -0.385 e. The molecule has 0 aliphatic rings. The van der Waals surface area contributed by atoms with Crippen LogP contribution in [0.5, 0.6) is 0 Å². The van der Waals surface area contributed by atoms with Gasteiger partial charge in [0.2, 0.25) is 0 Å². The van der Waals surface area contributed by atoms with Crippen LogP contribution < -0.4 is 0 Å².